The number of aliphatic hydroxyl groups is 1. The van der Waals surface area contributed by atoms with Crippen LogP contribution in [0.25, 0.3) is 0 Å². The van der Waals surface area contributed by atoms with E-state index in [0.29, 0.717) is 24.6 Å². The SMILES string of the molecule is Cc1csc(C(=O)NCC2(CO)COC2)c1Br. The third kappa shape index (κ3) is 2.54. The molecule has 2 rings (SSSR count). The molecule has 0 spiro atoms. The highest BCUT2D eigenvalue weighted by molar-refractivity contribution is 9.10. The van der Waals surface area contributed by atoms with Crippen LogP contribution in [0.15, 0.2) is 9.85 Å². The van der Waals surface area contributed by atoms with E-state index in [-0.39, 0.29) is 17.9 Å². The number of amides is 1. The average Bonchev–Trinajstić information content (AvgIpc) is 2.59. The Kier molecular flexibility index (Phi) is 3.87. The van der Waals surface area contributed by atoms with Crippen molar-refractivity contribution >= 4 is 33.2 Å². The van der Waals surface area contributed by atoms with Gasteiger partial charge in [0.25, 0.3) is 5.91 Å². The van der Waals surface area contributed by atoms with Gasteiger partial charge in [0.1, 0.15) is 4.88 Å². The van der Waals surface area contributed by atoms with Crippen LogP contribution >= 0.6 is 27.3 Å². The molecule has 0 radical (unpaired) electrons. The molecule has 1 aliphatic rings. The molecular formula is C11H14BrNO3S. The average molecular weight is 320 g/mol. The molecule has 0 saturated carbocycles. The predicted octanol–water partition coefficient (Wildman–Crippen LogP) is 1.56. The lowest BCUT2D eigenvalue weighted by molar-refractivity contribution is -0.133. The van der Waals surface area contributed by atoms with Crippen molar-refractivity contribution in [1.82, 2.24) is 5.32 Å². The summed E-state index contributed by atoms with van der Waals surface area (Å²) in [5, 5.41) is 14.0. The summed E-state index contributed by atoms with van der Waals surface area (Å²) in [6, 6.07) is 0. The zero-order valence-corrected chi connectivity index (χ0v) is 11.9. The van der Waals surface area contributed by atoms with E-state index in [4.69, 9.17) is 4.74 Å². The van der Waals surface area contributed by atoms with E-state index in [0.717, 1.165) is 10.0 Å². The van der Waals surface area contributed by atoms with Gasteiger partial charge < -0.3 is 15.2 Å². The second-order valence-electron chi connectivity index (χ2n) is 4.40. The van der Waals surface area contributed by atoms with Gasteiger partial charge in [-0.05, 0) is 33.8 Å². The van der Waals surface area contributed by atoms with Crippen LogP contribution in [0, 0.1) is 12.3 Å². The highest BCUT2D eigenvalue weighted by atomic mass is 79.9. The minimum Gasteiger partial charge on any atom is -0.396 e. The summed E-state index contributed by atoms with van der Waals surface area (Å²) < 4.78 is 5.93. The molecule has 2 heterocycles. The van der Waals surface area contributed by atoms with Crippen molar-refractivity contribution in [3.63, 3.8) is 0 Å². The summed E-state index contributed by atoms with van der Waals surface area (Å²) in [5.74, 6) is -0.102. The van der Waals surface area contributed by atoms with Gasteiger partial charge in [-0.15, -0.1) is 11.3 Å². The zero-order chi connectivity index (χ0) is 12.5. The quantitative estimate of drug-likeness (QED) is 0.885. The molecule has 1 amide bonds. The minimum atomic E-state index is -0.283. The van der Waals surface area contributed by atoms with Gasteiger partial charge in [0.05, 0.1) is 25.2 Å². The van der Waals surface area contributed by atoms with Crippen molar-refractivity contribution in [3.8, 4) is 0 Å². The number of nitrogens with one attached hydrogen (secondary N) is 1. The van der Waals surface area contributed by atoms with Crippen molar-refractivity contribution in [1.29, 1.82) is 0 Å². The van der Waals surface area contributed by atoms with Crippen molar-refractivity contribution in [2.24, 2.45) is 5.41 Å². The molecule has 0 bridgehead atoms. The standard InChI is InChI=1S/C11H14BrNO3S/c1-7-2-17-9(8(7)12)10(15)13-3-11(4-14)5-16-6-11/h2,14H,3-6H2,1H3,(H,13,15). The van der Waals surface area contributed by atoms with Gasteiger partial charge in [0.15, 0.2) is 0 Å². The maximum atomic E-state index is 11.9. The lowest BCUT2D eigenvalue weighted by Crippen LogP contribution is -2.53. The molecular weight excluding hydrogens is 306 g/mol. The van der Waals surface area contributed by atoms with Crippen LogP contribution in [0.2, 0.25) is 0 Å². The number of rotatable bonds is 4. The Morgan fingerprint density at radius 2 is 2.41 bits per heavy atom. The van der Waals surface area contributed by atoms with Gasteiger partial charge in [-0.1, -0.05) is 0 Å². The summed E-state index contributed by atoms with van der Waals surface area (Å²) in [6.07, 6.45) is 0. The topological polar surface area (TPSA) is 58.6 Å². The van der Waals surface area contributed by atoms with Crippen LogP contribution in [0.1, 0.15) is 15.2 Å². The van der Waals surface area contributed by atoms with E-state index >= 15 is 0 Å². The van der Waals surface area contributed by atoms with Crippen LogP contribution < -0.4 is 5.32 Å². The molecule has 1 saturated heterocycles. The molecule has 4 nitrogen and oxygen atoms in total. The van der Waals surface area contributed by atoms with Gasteiger partial charge in [-0.25, -0.2) is 0 Å². The van der Waals surface area contributed by atoms with Crippen LogP contribution in [0.4, 0.5) is 0 Å². The summed E-state index contributed by atoms with van der Waals surface area (Å²) in [4.78, 5) is 12.6. The monoisotopic (exact) mass is 319 g/mol. The molecule has 1 aromatic heterocycles. The lowest BCUT2D eigenvalue weighted by atomic mass is 9.87. The van der Waals surface area contributed by atoms with E-state index in [1.165, 1.54) is 11.3 Å². The van der Waals surface area contributed by atoms with E-state index in [1.54, 1.807) is 0 Å². The highest BCUT2D eigenvalue weighted by Gasteiger charge is 2.38. The smallest absolute Gasteiger partial charge is 0.262 e. The third-order valence-corrected chi connectivity index (χ3v) is 5.26. The maximum absolute atomic E-state index is 11.9. The number of aryl methyl sites for hydroxylation is 1. The van der Waals surface area contributed by atoms with E-state index in [2.05, 4.69) is 21.2 Å². The van der Waals surface area contributed by atoms with Gasteiger partial charge in [-0.3, -0.25) is 4.79 Å². The normalized spacial score (nSPS) is 17.6. The molecule has 1 fully saturated rings. The number of halogens is 1. The van der Waals surface area contributed by atoms with Crippen molar-refractivity contribution in [2.45, 2.75) is 6.92 Å². The van der Waals surface area contributed by atoms with Gasteiger partial charge in [0, 0.05) is 11.0 Å². The number of carbonyl (C=O) groups is 1. The van der Waals surface area contributed by atoms with Crippen LogP contribution in [-0.4, -0.2) is 37.4 Å². The highest BCUT2D eigenvalue weighted by Crippen LogP contribution is 2.29. The maximum Gasteiger partial charge on any atom is 0.262 e. The molecule has 0 atom stereocenters. The summed E-state index contributed by atoms with van der Waals surface area (Å²) in [7, 11) is 0. The lowest BCUT2D eigenvalue weighted by Gasteiger charge is -2.39. The van der Waals surface area contributed by atoms with E-state index < -0.39 is 0 Å². The Balaban J connectivity index is 1.96. The molecule has 94 valence electrons. The molecule has 0 unspecified atom stereocenters. The Labute approximate surface area is 112 Å². The van der Waals surface area contributed by atoms with E-state index in [1.807, 2.05) is 12.3 Å². The molecule has 2 N–H and O–H groups in total. The molecule has 0 aromatic carbocycles. The van der Waals surface area contributed by atoms with Gasteiger partial charge in [-0.2, -0.15) is 0 Å². The van der Waals surface area contributed by atoms with E-state index in [9.17, 15) is 9.90 Å². The van der Waals surface area contributed by atoms with Crippen LogP contribution in [0.3, 0.4) is 0 Å². The fourth-order valence-corrected chi connectivity index (χ4v) is 3.15. The van der Waals surface area contributed by atoms with Crippen LogP contribution in [-0.2, 0) is 4.74 Å². The first-order valence-corrected chi connectivity index (χ1v) is 6.96. The Bertz CT molecular complexity index is 423. The van der Waals surface area contributed by atoms with Crippen molar-refractivity contribution in [2.75, 3.05) is 26.4 Å². The molecule has 6 heteroatoms. The fraction of sp³-hybridized carbons (Fsp3) is 0.545. The second kappa shape index (κ2) is 5.06. The number of hydrogen-bond acceptors (Lipinski definition) is 4. The van der Waals surface area contributed by atoms with Crippen molar-refractivity contribution in [3.05, 3.63) is 20.3 Å². The first-order valence-electron chi connectivity index (χ1n) is 5.28. The number of hydrogen-bond donors (Lipinski definition) is 2. The predicted molar refractivity (Wildman–Crippen MR) is 69.4 cm³/mol. The van der Waals surface area contributed by atoms with Gasteiger partial charge in [0.2, 0.25) is 0 Å². The third-order valence-electron chi connectivity index (χ3n) is 2.88. The molecule has 1 aromatic rings. The first-order chi connectivity index (χ1) is 8.08. The van der Waals surface area contributed by atoms with Gasteiger partial charge >= 0.3 is 0 Å². The molecule has 1 aliphatic heterocycles. The molecule has 17 heavy (non-hydrogen) atoms. The van der Waals surface area contributed by atoms with Crippen molar-refractivity contribution < 1.29 is 14.6 Å². The first kappa shape index (κ1) is 13.0. The molecule has 0 aliphatic carbocycles. The zero-order valence-electron chi connectivity index (χ0n) is 9.46. The fourth-order valence-electron chi connectivity index (χ4n) is 1.57. The Morgan fingerprint density at radius 1 is 1.71 bits per heavy atom. The Morgan fingerprint density at radius 3 is 2.82 bits per heavy atom. The number of thiophene rings is 1. The minimum absolute atomic E-state index is 0.0396. The largest absolute Gasteiger partial charge is 0.396 e. The second-order valence-corrected chi connectivity index (χ2v) is 6.07. The number of ether oxygens (including phenoxy) is 1. The summed E-state index contributed by atoms with van der Waals surface area (Å²) in [6.45, 7) is 3.46. The summed E-state index contributed by atoms with van der Waals surface area (Å²) >= 11 is 4.81. The number of aliphatic hydroxyl groups excluding tert-OH is 1. The Hall–Kier alpha value is -0.430. The summed E-state index contributed by atoms with van der Waals surface area (Å²) in [5.41, 5.74) is 0.776. The number of carbonyl (C=O) groups excluding carboxylic acids is 1. The van der Waals surface area contributed by atoms with Crippen LogP contribution in [0.5, 0.6) is 0 Å².